The highest BCUT2D eigenvalue weighted by Crippen LogP contribution is 2.61. The summed E-state index contributed by atoms with van der Waals surface area (Å²) in [6.07, 6.45) is 0. The maximum Gasteiger partial charge on any atom is 0.0714 e. The fourth-order valence-electron chi connectivity index (χ4n) is 14.1. The van der Waals surface area contributed by atoms with Gasteiger partial charge in [0.25, 0.3) is 0 Å². The molecule has 0 aromatic heterocycles. The minimum Gasteiger partial charge on any atom is -0.309 e. The molecule has 0 bridgehead atoms. The van der Waals surface area contributed by atoms with Gasteiger partial charge >= 0.3 is 0 Å². The monoisotopic (exact) mass is 1050 g/mol. The zero-order chi connectivity index (χ0) is 56.0. The Kier molecular flexibility index (Phi) is 12.1. The van der Waals surface area contributed by atoms with Crippen molar-refractivity contribution >= 4 is 27.8 Å². The molecule has 0 aliphatic heterocycles. The largest absolute Gasteiger partial charge is 0.309 e. The van der Waals surface area contributed by atoms with Gasteiger partial charge in [-0.2, -0.15) is 0 Å². The number of rotatable bonds is 9. The van der Waals surface area contributed by atoms with E-state index in [0.29, 0.717) is 0 Å². The van der Waals surface area contributed by atoms with E-state index in [9.17, 15) is 0 Å². The van der Waals surface area contributed by atoms with Crippen LogP contribution < -0.4 is 4.90 Å². The molecule has 1 nitrogen and oxygen atoms in total. The SMILES string of the molecule is CC(C)(C)c1cc(-c2cccc3cccc(-c4ccccc4N(c4ccccc4-c4ccc5c(c4)C(C)(c4ccccc4)c4ccccc4-5)c4cccc5c4-c4ccccc4C5(c4ccccc4)c4ccccc4)c23)cc(C(C)(C)C)c1. The van der Waals surface area contributed by atoms with E-state index in [0.717, 1.165) is 28.2 Å². The van der Waals surface area contributed by atoms with Crippen molar-refractivity contribution < 1.29 is 0 Å². The van der Waals surface area contributed by atoms with Crippen LogP contribution in [-0.2, 0) is 21.7 Å². The minimum absolute atomic E-state index is 0.0416. The highest BCUT2D eigenvalue weighted by atomic mass is 15.2. The van der Waals surface area contributed by atoms with Crippen molar-refractivity contribution in [2.45, 2.75) is 70.1 Å². The summed E-state index contributed by atoms with van der Waals surface area (Å²) in [4.78, 5) is 2.62. The van der Waals surface area contributed by atoms with Gasteiger partial charge in [0.05, 0.1) is 22.5 Å². The number of para-hydroxylation sites is 2. The smallest absolute Gasteiger partial charge is 0.0714 e. The number of anilines is 3. The van der Waals surface area contributed by atoms with E-state index in [4.69, 9.17) is 0 Å². The number of fused-ring (bicyclic) bond motifs is 7. The predicted molar refractivity (Wildman–Crippen MR) is 347 cm³/mol. The summed E-state index contributed by atoms with van der Waals surface area (Å²) >= 11 is 0. The van der Waals surface area contributed by atoms with Crippen LogP contribution in [0.3, 0.4) is 0 Å². The number of hydrogen-bond donors (Lipinski definition) is 0. The van der Waals surface area contributed by atoms with Gasteiger partial charge in [0.1, 0.15) is 0 Å². The van der Waals surface area contributed by atoms with Gasteiger partial charge in [0.15, 0.2) is 0 Å². The van der Waals surface area contributed by atoms with Crippen LogP contribution in [0.2, 0.25) is 0 Å². The van der Waals surface area contributed by atoms with E-state index in [1.54, 1.807) is 0 Å². The maximum atomic E-state index is 2.62. The first-order valence-electron chi connectivity index (χ1n) is 29.2. The molecule has 2 aliphatic carbocycles. The van der Waals surface area contributed by atoms with Crippen LogP contribution in [0.25, 0.3) is 66.4 Å². The maximum absolute atomic E-state index is 2.62. The molecular formula is C81H67N. The van der Waals surface area contributed by atoms with Crippen molar-refractivity contribution in [2.24, 2.45) is 0 Å². The third kappa shape index (κ3) is 7.96. The lowest BCUT2D eigenvalue weighted by Crippen LogP contribution is -2.28. The van der Waals surface area contributed by atoms with Gasteiger partial charge in [-0.1, -0.05) is 296 Å². The second-order valence-corrected chi connectivity index (χ2v) is 24.9. The first-order chi connectivity index (χ1) is 39.8. The Morgan fingerprint density at radius 3 is 1.37 bits per heavy atom. The molecular weight excluding hydrogens is 987 g/mol. The van der Waals surface area contributed by atoms with Gasteiger partial charge in [0.2, 0.25) is 0 Å². The molecule has 0 saturated carbocycles. The van der Waals surface area contributed by atoms with Gasteiger partial charge in [-0.15, -0.1) is 0 Å². The van der Waals surface area contributed by atoms with E-state index in [1.165, 1.54) is 105 Å². The lowest BCUT2D eigenvalue weighted by atomic mass is 9.68. The van der Waals surface area contributed by atoms with E-state index in [-0.39, 0.29) is 16.2 Å². The molecule has 0 fully saturated rings. The Balaban J connectivity index is 1.07. The van der Waals surface area contributed by atoms with Gasteiger partial charge < -0.3 is 4.90 Å². The fourth-order valence-corrected chi connectivity index (χ4v) is 14.1. The molecule has 0 radical (unpaired) electrons. The van der Waals surface area contributed by atoms with E-state index < -0.39 is 5.41 Å². The molecule has 14 rings (SSSR count). The third-order valence-electron chi connectivity index (χ3n) is 18.1. The lowest BCUT2D eigenvalue weighted by molar-refractivity contribution is 0.569. The minimum atomic E-state index is -0.593. The Bertz CT molecular complexity index is 4340. The van der Waals surface area contributed by atoms with Gasteiger partial charge in [-0.25, -0.2) is 0 Å². The van der Waals surface area contributed by atoms with Crippen molar-refractivity contribution in [1.29, 1.82) is 0 Å². The molecule has 12 aromatic rings. The average molecular weight is 1050 g/mol. The summed E-state index contributed by atoms with van der Waals surface area (Å²) in [5.41, 5.74) is 26.1. The topological polar surface area (TPSA) is 3.24 Å². The van der Waals surface area contributed by atoms with Crippen LogP contribution in [0.15, 0.2) is 279 Å². The number of nitrogens with zero attached hydrogens (tertiary/aromatic N) is 1. The van der Waals surface area contributed by atoms with E-state index >= 15 is 0 Å². The molecule has 396 valence electrons. The summed E-state index contributed by atoms with van der Waals surface area (Å²) in [5, 5.41) is 2.45. The van der Waals surface area contributed by atoms with E-state index in [1.807, 2.05) is 0 Å². The first-order valence-corrected chi connectivity index (χ1v) is 29.2. The zero-order valence-electron chi connectivity index (χ0n) is 48.0. The highest BCUT2D eigenvalue weighted by Gasteiger charge is 2.48. The standard InChI is InChI=1S/C81H67N/c1-78(2,3)60-50-56(51-61(53-60)79(4,5)6)63-40-25-28-54-29-26-41-67(76(54)63)66-38-20-24-46-74(66)82(75-47-27-44-71-77(75)68-39-18-22-43-70(68)81(71,58-32-13-9-14-33-58)59-34-15-10-16-35-59)73-45-23-19-36-62(73)55-48-49-65-64-37-17-21-42-69(64)80(7,72(65)52-55)57-30-11-8-12-31-57/h8-53H,1-7H3. The molecule has 0 amide bonds. The predicted octanol–water partition coefficient (Wildman–Crippen LogP) is 21.6. The molecule has 1 heteroatoms. The Morgan fingerprint density at radius 1 is 0.293 bits per heavy atom. The van der Waals surface area contributed by atoms with Crippen molar-refractivity contribution in [3.05, 3.63) is 329 Å². The zero-order valence-corrected chi connectivity index (χ0v) is 48.0. The Labute approximate surface area is 484 Å². The fraction of sp³-hybridized carbons (Fsp3) is 0.136. The molecule has 0 heterocycles. The molecule has 0 N–H and O–H groups in total. The molecule has 1 unspecified atom stereocenters. The molecule has 1 atom stereocenters. The van der Waals surface area contributed by atoms with Crippen molar-refractivity contribution in [3.8, 4) is 55.6 Å². The summed E-state index contributed by atoms with van der Waals surface area (Å²) in [5.74, 6) is 0. The highest BCUT2D eigenvalue weighted by molar-refractivity contribution is 6.10. The summed E-state index contributed by atoms with van der Waals surface area (Å²) in [6.45, 7) is 16.4. The van der Waals surface area contributed by atoms with Crippen LogP contribution in [0, 0.1) is 0 Å². The van der Waals surface area contributed by atoms with Crippen LogP contribution >= 0.6 is 0 Å². The van der Waals surface area contributed by atoms with Crippen molar-refractivity contribution in [1.82, 2.24) is 0 Å². The van der Waals surface area contributed by atoms with Gasteiger partial charge in [-0.3, -0.25) is 0 Å². The Morgan fingerprint density at radius 2 is 0.744 bits per heavy atom. The molecule has 0 saturated heterocycles. The molecule has 12 aromatic carbocycles. The van der Waals surface area contributed by atoms with Crippen LogP contribution in [0.5, 0.6) is 0 Å². The molecule has 0 spiro atoms. The Hall–Kier alpha value is -9.30. The van der Waals surface area contributed by atoms with Crippen molar-refractivity contribution in [2.75, 3.05) is 4.90 Å². The quantitative estimate of drug-likeness (QED) is 0.139. The molecule has 82 heavy (non-hydrogen) atoms. The number of hydrogen-bond acceptors (Lipinski definition) is 1. The van der Waals surface area contributed by atoms with E-state index in [2.05, 4.69) is 332 Å². The normalized spacial score (nSPS) is 14.9. The number of benzene rings is 12. The van der Waals surface area contributed by atoms with Crippen molar-refractivity contribution in [3.63, 3.8) is 0 Å². The van der Waals surface area contributed by atoms with Gasteiger partial charge in [-0.05, 0) is 142 Å². The first kappa shape index (κ1) is 50.9. The van der Waals surface area contributed by atoms with Crippen LogP contribution in [0.4, 0.5) is 17.1 Å². The van der Waals surface area contributed by atoms with Crippen LogP contribution in [-0.4, -0.2) is 0 Å². The van der Waals surface area contributed by atoms with Crippen LogP contribution in [0.1, 0.15) is 98.5 Å². The third-order valence-corrected chi connectivity index (χ3v) is 18.1. The summed E-state index contributed by atoms with van der Waals surface area (Å²) in [6, 6.07) is 105. The second kappa shape index (κ2) is 19.5. The average Bonchev–Trinajstić information content (AvgIpc) is 2.71. The summed E-state index contributed by atoms with van der Waals surface area (Å²) < 4.78 is 0. The van der Waals surface area contributed by atoms with Gasteiger partial charge in [0, 0.05) is 22.1 Å². The second-order valence-electron chi connectivity index (χ2n) is 24.9. The summed E-state index contributed by atoms with van der Waals surface area (Å²) in [7, 11) is 0. The lowest BCUT2D eigenvalue weighted by Gasteiger charge is -2.35. The molecule has 2 aliphatic rings.